The summed E-state index contributed by atoms with van der Waals surface area (Å²) < 4.78 is 0. The van der Waals surface area contributed by atoms with Gasteiger partial charge in [0.2, 0.25) is 0 Å². The first-order valence-corrected chi connectivity index (χ1v) is 10.8. The zero-order valence-corrected chi connectivity index (χ0v) is 17.3. The molecule has 1 saturated carbocycles. The molecule has 1 aliphatic carbocycles. The molecule has 154 valence electrons. The monoisotopic (exact) mass is 386 g/mol. The number of carbonyl (C=O) groups is 1. The zero-order chi connectivity index (χ0) is 19.7. The molecule has 2 aliphatic heterocycles. The van der Waals surface area contributed by atoms with Crippen LogP contribution in [-0.4, -0.2) is 63.6 Å². The van der Waals surface area contributed by atoms with Crippen LogP contribution in [0.5, 0.6) is 0 Å². The molecule has 28 heavy (non-hydrogen) atoms. The van der Waals surface area contributed by atoms with E-state index >= 15 is 0 Å². The predicted octanol–water partition coefficient (Wildman–Crippen LogP) is 2.93. The van der Waals surface area contributed by atoms with E-state index in [0.717, 1.165) is 50.0 Å². The number of aromatic nitrogens is 2. The Labute approximate surface area is 168 Å². The molecule has 0 bridgehead atoms. The molecule has 2 atom stereocenters. The molecule has 0 spiro atoms. The average Bonchev–Trinajstić information content (AvgIpc) is 3.38. The van der Waals surface area contributed by atoms with Crippen molar-refractivity contribution in [2.45, 2.75) is 52.5 Å². The van der Waals surface area contributed by atoms with Gasteiger partial charge in [0, 0.05) is 63.5 Å². The maximum atomic E-state index is 12.2. The number of H-pyrrole nitrogens is 1. The van der Waals surface area contributed by atoms with E-state index in [9.17, 15) is 9.90 Å². The molecular formula is C22H34N4O2. The van der Waals surface area contributed by atoms with Crippen LogP contribution in [0.4, 0.5) is 0 Å². The van der Waals surface area contributed by atoms with E-state index in [4.69, 9.17) is 0 Å². The standard InChI is InChI=1S/C22H34N4O2/c1-16(2)7-8-25-11-18-12-26(15-22(18,14-25)21(27)28)13-19-10-23-20(24-19)9-17-5-3-4-6-17/h7,10,17-18H,3-6,8-9,11-15H2,1-2H3,(H,23,24)(H,27,28)/t18-,22-/m1/s1. The van der Waals surface area contributed by atoms with Gasteiger partial charge in [-0.2, -0.15) is 0 Å². The van der Waals surface area contributed by atoms with Crippen LogP contribution in [-0.2, 0) is 17.8 Å². The fourth-order valence-electron chi connectivity index (χ4n) is 5.47. The lowest BCUT2D eigenvalue weighted by atomic mass is 9.81. The minimum atomic E-state index is -0.633. The first-order chi connectivity index (χ1) is 13.4. The van der Waals surface area contributed by atoms with E-state index in [0.29, 0.717) is 13.1 Å². The van der Waals surface area contributed by atoms with E-state index in [2.05, 4.69) is 39.7 Å². The van der Waals surface area contributed by atoms with Crippen molar-refractivity contribution in [3.63, 3.8) is 0 Å². The van der Waals surface area contributed by atoms with Gasteiger partial charge in [0.1, 0.15) is 5.82 Å². The number of fused-ring (bicyclic) bond motifs is 1. The second-order valence-corrected chi connectivity index (χ2v) is 9.51. The van der Waals surface area contributed by atoms with Crippen LogP contribution >= 0.6 is 0 Å². The fraction of sp³-hybridized carbons (Fsp3) is 0.727. The van der Waals surface area contributed by atoms with E-state index in [1.54, 1.807) is 0 Å². The number of nitrogens with zero attached hydrogens (tertiary/aromatic N) is 3. The largest absolute Gasteiger partial charge is 0.481 e. The fourth-order valence-corrected chi connectivity index (χ4v) is 5.47. The van der Waals surface area contributed by atoms with Gasteiger partial charge in [-0.05, 0) is 19.8 Å². The first kappa shape index (κ1) is 19.6. The number of carboxylic acid groups (broad SMARTS) is 1. The van der Waals surface area contributed by atoms with Crippen molar-refractivity contribution in [3.8, 4) is 0 Å². The molecule has 0 unspecified atom stereocenters. The summed E-state index contributed by atoms with van der Waals surface area (Å²) >= 11 is 0. The van der Waals surface area contributed by atoms with Gasteiger partial charge in [-0.3, -0.25) is 14.6 Å². The SMILES string of the molecule is CC(C)=CCN1C[C@@H]2CN(Cc3cnc(CC4CCCC4)[nH]3)C[C@]2(C(=O)O)C1. The number of allylic oxidation sites excluding steroid dienone is 1. The smallest absolute Gasteiger partial charge is 0.312 e. The number of carboxylic acids is 1. The zero-order valence-electron chi connectivity index (χ0n) is 17.3. The molecule has 2 N–H and O–H groups in total. The van der Waals surface area contributed by atoms with Crippen molar-refractivity contribution in [3.05, 3.63) is 29.4 Å². The highest BCUT2D eigenvalue weighted by atomic mass is 16.4. The topological polar surface area (TPSA) is 72.5 Å². The highest BCUT2D eigenvalue weighted by molar-refractivity contribution is 5.77. The molecule has 1 aromatic rings. The molecule has 0 aromatic carbocycles. The molecule has 3 aliphatic rings. The van der Waals surface area contributed by atoms with Gasteiger partial charge in [-0.15, -0.1) is 0 Å². The molecule has 3 fully saturated rings. The van der Waals surface area contributed by atoms with Crippen LogP contribution in [0.2, 0.25) is 0 Å². The van der Waals surface area contributed by atoms with Crippen molar-refractivity contribution >= 4 is 5.97 Å². The molecule has 2 saturated heterocycles. The predicted molar refractivity (Wildman–Crippen MR) is 109 cm³/mol. The van der Waals surface area contributed by atoms with E-state index < -0.39 is 11.4 Å². The van der Waals surface area contributed by atoms with Crippen LogP contribution in [0.15, 0.2) is 17.8 Å². The van der Waals surface area contributed by atoms with E-state index in [-0.39, 0.29) is 5.92 Å². The van der Waals surface area contributed by atoms with Crippen molar-refractivity contribution < 1.29 is 9.90 Å². The second kappa shape index (κ2) is 7.99. The number of rotatable bonds is 7. The van der Waals surface area contributed by atoms with Crippen molar-refractivity contribution in [1.82, 2.24) is 19.8 Å². The van der Waals surface area contributed by atoms with Crippen LogP contribution in [0.3, 0.4) is 0 Å². The van der Waals surface area contributed by atoms with Gasteiger partial charge in [0.25, 0.3) is 0 Å². The van der Waals surface area contributed by atoms with Crippen LogP contribution in [0, 0.1) is 17.3 Å². The van der Waals surface area contributed by atoms with Crippen molar-refractivity contribution in [2.75, 3.05) is 32.7 Å². The van der Waals surface area contributed by atoms with Crippen molar-refractivity contribution in [1.29, 1.82) is 0 Å². The Bertz CT molecular complexity index is 733. The number of nitrogens with one attached hydrogen (secondary N) is 1. The number of hydrogen-bond acceptors (Lipinski definition) is 4. The maximum absolute atomic E-state index is 12.2. The summed E-state index contributed by atoms with van der Waals surface area (Å²) in [6, 6.07) is 0. The summed E-state index contributed by atoms with van der Waals surface area (Å²) in [5, 5.41) is 10.0. The third-order valence-electron chi connectivity index (χ3n) is 6.97. The summed E-state index contributed by atoms with van der Waals surface area (Å²) in [5.41, 5.74) is 1.79. The summed E-state index contributed by atoms with van der Waals surface area (Å²) in [6.07, 6.45) is 10.6. The number of hydrogen-bond donors (Lipinski definition) is 2. The number of aliphatic carboxylic acids is 1. The van der Waals surface area contributed by atoms with Gasteiger partial charge in [0.05, 0.1) is 5.41 Å². The van der Waals surface area contributed by atoms with Gasteiger partial charge in [-0.25, -0.2) is 4.98 Å². The molecule has 0 radical (unpaired) electrons. The third kappa shape index (κ3) is 4.03. The summed E-state index contributed by atoms with van der Waals surface area (Å²) in [5.74, 6) is 1.46. The summed E-state index contributed by atoms with van der Waals surface area (Å²) in [4.78, 5) is 24.9. The molecule has 6 nitrogen and oxygen atoms in total. The highest BCUT2D eigenvalue weighted by Gasteiger charge is 2.57. The van der Waals surface area contributed by atoms with Crippen LogP contribution in [0.25, 0.3) is 0 Å². The molecule has 6 heteroatoms. The van der Waals surface area contributed by atoms with Gasteiger partial charge >= 0.3 is 5.97 Å². The lowest BCUT2D eigenvalue weighted by Crippen LogP contribution is -2.40. The minimum absolute atomic E-state index is 0.205. The number of aromatic amines is 1. The quantitative estimate of drug-likeness (QED) is 0.705. The Kier molecular flexibility index (Phi) is 5.61. The number of imidazole rings is 1. The number of likely N-dealkylation sites (tertiary alicyclic amines) is 2. The lowest BCUT2D eigenvalue weighted by molar-refractivity contribution is -0.148. The Morgan fingerprint density at radius 1 is 1.29 bits per heavy atom. The molecular weight excluding hydrogens is 352 g/mol. The lowest BCUT2D eigenvalue weighted by Gasteiger charge is -2.25. The van der Waals surface area contributed by atoms with Crippen LogP contribution in [0.1, 0.15) is 51.0 Å². The van der Waals surface area contributed by atoms with Gasteiger partial charge in [-0.1, -0.05) is 37.3 Å². The molecule has 4 rings (SSSR count). The highest BCUT2D eigenvalue weighted by Crippen LogP contribution is 2.43. The Balaban J connectivity index is 1.36. The minimum Gasteiger partial charge on any atom is -0.481 e. The summed E-state index contributed by atoms with van der Waals surface area (Å²) in [7, 11) is 0. The van der Waals surface area contributed by atoms with Crippen LogP contribution < -0.4 is 0 Å². The van der Waals surface area contributed by atoms with E-state index in [1.165, 1.54) is 31.3 Å². The normalized spacial score (nSPS) is 28.7. The Morgan fingerprint density at radius 3 is 2.68 bits per heavy atom. The van der Waals surface area contributed by atoms with E-state index in [1.807, 2.05) is 6.20 Å². The molecule has 0 amide bonds. The Hall–Kier alpha value is -1.66. The molecule has 3 heterocycles. The van der Waals surface area contributed by atoms with Gasteiger partial charge in [0.15, 0.2) is 0 Å². The van der Waals surface area contributed by atoms with Crippen molar-refractivity contribution in [2.24, 2.45) is 17.3 Å². The second-order valence-electron chi connectivity index (χ2n) is 9.51. The third-order valence-corrected chi connectivity index (χ3v) is 6.97. The average molecular weight is 387 g/mol. The maximum Gasteiger partial charge on any atom is 0.312 e. The van der Waals surface area contributed by atoms with Gasteiger partial charge < -0.3 is 10.1 Å². The first-order valence-electron chi connectivity index (χ1n) is 10.8. The Morgan fingerprint density at radius 2 is 2.00 bits per heavy atom. The molecule has 1 aromatic heterocycles. The summed E-state index contributed by atoms with van der Waals surface area (Å²) in [6.45, 7) is 8.85.